The second-order valence-corrected chi connectivity index (χ2v) is 4.67. The third kappa shape index (κ3) is 3.82. The average molecular weight is 229 g/mol. The highest BCUT2D eigenvalue weighted by Gasteiger charge is 2.14. The highest BCUT2D eigenvalue weighted by molar-refractivity contribution is 5.87. The Bertz CT molecular complexity index is 398. The number of nitrogens with zero attached hydrogens (tertiary/aromatic N) is 1. The third-order valence-electron chi connectivity index (χ3n) is 3.15. The number of benzene rings is 1. The molecular weight excluding hydrogens is 210 g/mol. The minimum Gasteiger partial charge on any atom is -0.298 e. The fraction of sp³-hybridized carbons (Fsp3) is 0.400. The lowest BCUT2D eigenvalue weighted by Gasteiger charge is -2.28. The topological polar surface area (TPSA) is 20.3 Å². The quantitative estimate of drug-likeness (QED) is 0.743. The number of hydrogen-bond acceptors (Lipinski definition) is 2. The number of piperidine rings is 1. The molecule has 0 bridgehead atoms. The Balaban J connectivity index is 1.86. The molecule has 1 aliphatic heterocycles. The summed E-state index contributed by atoms with van der Waals surface area (Å²) in [5.41, 5.74) is 2.67. The van der Waals surface area contributed by atoms with Gasteiger partial charge in [0.25, 0.3) is 0 Å². The zero-order chi connectivity index (χ0) is 12.1. The number of likely N-dealkylation sites (tertiary alicyclic amines) is 1. The standard InChI is InChI=1S/C15H19NO/c1-13(17)11-14-7-9-16(10-8-14)12-15-5-3-2-4-6-15/h2-6,11H,7-10,12H2,1H3. The van der Waals surface area contributed by atoms with E-state index in [-0.39, 0.29) is 5.78 Å². The van der Waals surface area contributed by atoms with Gasteiger partial charge in [-0.15, -0.1) is 0 Å². The lowest BCUT2D eigenvalue weighted by atomic mass is 10.0. The van der Waals surface area contributed by atoms with Crippen LogP contribution in [0.5, 0.6) is 0 Å². The molecule has 0 radical (unpaired) electrons. The molecule has 1 aliphatic rings. The van der Waals surface area contributed by atoms with Crippen molar-refractivity contribution in [1.29, 1.82) is 0 Å². The highest BCUT2D eigenvalue weighted by Crippen LogP contribution is 2.18. The van der Waals surface area contributed by atoms with Crippen molar-refractivity contribution in [2.45, 2.75) is 26.3 Å². The van der Waals surface area contributed by atoms with E-state index in [2.05, 4.69) is 29.2 Å². The molecule has 0 N–H and O–H groups in total. The van der Waals surface area contributed by atoms with Gasteiger partial charge in [0.15, 0.2) is 5.78 Å². The fourth-order valence-electron chi connectivity index (χ4n) is 2.27. The minimum absolute atomic E-state index is 0.177. The number of carbonyl (C=O) groups excluding carboxylic acids is 1. The molecule has 1 aromatic rings. The second-order valence-electron chi connectivity index (χ2n) is 4.67. The Morgan fingerprint density at radius 3 is 2.47 bits per heavy atom. The molecule has 0 spiro atoms. The van der Waals surface area contributed by atoms with Gasteiger partial charge in [-0.05, 0) is 31.4 Å². The largest absolute Gasteiger partial charge is 0.298 e. The van der Waals surface area contributed by atoms with Crippen molar-refractivity contribution in [1.82, 2.24) is 4.90 Å². The molecule has 2 rings (SSSR count). The van der Waals surface area contributed by atoms with Crippen molar-refractivity contribution >= 4 is 5.78 Å². The van der Waals surface area contributed by atoms with E-state index >= 15 is 0 Å². The van der Waals surface area contributed by atoms with Crippen LogP contribution in [0.15, 0.2) is 42.0 Å². The summed E-state index contributed by atoms with van der Waals surface area (Å²) in [6, 6.07) is 10.6. The molecule has 1 heterocycles. The first-order valence-electron chi connectivity index (χ1n) is 6.20. The first-order chi connectivity index (χ1) is 8.24. The minimum atomic E-state index is 0.177. The molecule has 0 unspecified atom stereocenters. The van der Waals surface area contributed by atoms with Crippen molar-refractivity contribution in [3.8, 4) is 0 Å². The maximum absolute atomic E-state index is 11.0. The van der Waals surface area contributed by atoms with Crippen LogP contribution < -0.4 is 0 Å². The van der Waals surface area contributed by atoms with Crippen LogP contribution in [-0.2, 0) is 11.3 Å². The van der Waals surface area contributed by atoms with E-state index in [1.807, 2.05) is 6.07 Å². The summed E-state index contributed by atoms with van der Waals surface area (Å²) in [6.45, 7) is 4.78. The lowest BCUT2D eigenvalue weighted by Crippen LogP contribution is -2.30. The van der Waals surface area contributed by atoms with Gasteiger partial charge in [-0.1, -0.05) is 35.9 Å². The molecule has 2 nitrogen and oxygen atoms in total. The first-order valence-corrected chi connectivity index (χ1v) is 6.20. The Morgan fingerprint density at radius 1 is 1.24 bits per heavy atom. The Morgan fingerprint density at radius 2 is 1.88 bits per heavy atom. The molecule has 17 heavy (non-hydrogen) atoms. The molecule has 0 amide bonds. The number of ketones is 1. The van der Waals surface area contributed by atoms with Crippen molar-refractivity contribution < 1.29 is 4.79 Å². The fourth-order valence-corrected chi connectivity index (χ4v) is 2.27. The van der Waals surface area contributed by atoms with Gasteiger partial charge in [-0.25, -0.2) is 0 Å². The zero-order valence-corrected chi connectivity index (χ0v) is 10.4. The summed E-state index contributed by atoms with van der Waals surface area (Å²) in [5.74, 6) is 0.177. The van der Waals surface area contributed by atoms with Crippen LogP contribution in [0.25, 0.3) is 0 Å². The number of hydrogen-bond donors (Lipinski definition) is 0. The normalized spacial score (nSPS) is 16.9. The van der Waals surface area contributed by atoms with E-state index in [0.29, 0.717) is 0 Å². The SMILES string of the molecule is CC(=O)C=C1CCN(Cc2ccccc2)CC1. The smallest absolute Gasteiger partial charge is 0.152 e. The summed E-state index contributed by atoms with van der Waals surface area (Å²) in [7, 11) is 0. The van der Waals surface area contributed by atoms with Gasteiger partial charge in [0.2, 0.25) is 0 Å². The van der Waals surface area contributed by atoms with E-state index in [1.54, 1.807) is 13.0 Å². The Hall–Kier alpha value is -1.41. The van der Waals surface area contributed by atoms with Crippen LogP contribution in [0.2, 0.25) is 0 Å². The van der Waals surface area contributed by atoms with E-state index in [1.165, 1.54) is 11.1 Å². The molecule has 0 saturated carbocycles. The van der Waals surface area contributed by atoms with E-state index < -0.39 is 0 Å². The van der Waals surface area contributed by atoms with Gasteiger partial charge < -0.3 is 0 Å². The molecule has 1 fully saturated rings. The average Bonchev–Trinajstić information content (AvgIpc) is 2.32. The van der Waals surface area contributed by atoms with Crippen LogP contribution in [0.4, 0.5) is 0 Å². The number of rotatable bonds is 3. The van der Waals surface area contributed by atoms with E-state index in [0.717, 1.165) is 32.5 Å². The number of carbonyl (C=O) groups is 1. The van der Waals surface area contributed by atoms with Gasteiger partial charge >= 0.3 is 0 Å². The predicted molar refractivity (Wildman–Crippen MR) is 69.7 cm³/mol. The van der Waals surface area contributed by atoms with Crippen molar-refractivity contribution in [2.75, 3.05) is 13.1 Å². The third-order valence-corrected chi connectivity index (χ3v) is 3.15. The van der Waals surface area contributed by atoms with Crippen LogP contribution in [0.1, 0.15) is 25.3 Å². The second kappa shape index (κ2) is 5.78. The summed E-state index contributed by atoms with van der Waals surface area (Å²) < 4.78 is 0. The summed E-state index contributed by atoms with van der Waals surface area (Å²) in [5, 5.41) is 0. The van der Waals surface area contributed by atoms with Gasteiger partial charge in [-0.2, -0.15) is 0 Å². The molecule has 0 aliphatic carbocycles. The molecule has 2 heteroatoms. The van der Waals surface area contributed by atoms with Crippen LogP contribution in [0.3, 0.4) is 0 Å². The van der Waals surface area contributed by atoms with Gasteiger partial charge in [0, 0.05) is 19.6 Å². The summed E-state index contributed by atoms with van der Waals surface area (Å²) in [6.07, 6.45) is 3.87. The lowest BCUT2D eigenvalue weighted by molar-refractivity contribution is -0.112. The van der Waals surface area contributed by atoms with Gasteiger partial charge in [-0.3, -0.25) is 9.69 Å². The highest BCUT2D eigenvalue weighted by atomic mass is 16.1. The monoisotopic (exact) mass is 229 g/mol. The first kappa shape index (κ1) is 12.1. The molecule has 1 saturated heterocycles. The van der Waals surface area contributed by atoms with Crippen molar-refractivity contribution in [3.63, 3.8) is 0 Å². The molecule has 90 valence electrons. The van der Waals surface area contributed by atoms with Crippen LogP contribution in [-0.4, -0.2) is 23.8 Å². The zero-order valence-electron chi connectivity index (χ0n) is 10.4. The van der Waals surface area contributed by atoms with Crippen molar-refractivity contribution in [2.24, 2.45) is 0 Å². The molecule has 0 aromatic heterocycles. The maximum atomic E-state index is 11.0. The van der Waals surface area contributed by atoms with Gasteiger partial charge in [0.1, 0.15) is 0 Å². The summed E-state index contributed by atoms with van der Waals surface area (Å²) >= 11 is 0. The molecule has 1 aromatic carbocycles. The van der Waals surface area contributed by atoms with Crippen LogP contribution in [0, 0.1) is 0 Å². The van der Waals surface area contributed by atoms with E-state index in [4.69, 9.17) is 0 Å². The van der Waals surface area contributed by atoms with Gasteiger partial charge in [0.05, 0.1) is 0 Å². The predicted octanol–water partition coefficient (Wildman–Crippen LogP) is 2.80. The maximum Gasteiger partial charge on any atom is 0.152 e. The number of allylic oxidation sites excluding steroid dienone is 1. The summed E-state index contributed by atoms with van der Waals surface area (Å²) in [4.78, 5) is 13.4. The Kier molecular flexibility index (Phi) is 4.10. The molecular formula is C15H19NO. The van der Waals surface area contributed by atoms with E-state index in [9.17, 15) is 4.79 Å². The molecule has 0 atom stereocenters. The van der Waals surface area contributed by atoms with Crippen LogP contribution >= 0.6 is 0 Å². The van der Waals surface area contributed by atoms with Crippen molar-refractivity contribution in [3.05, 3.63) is 47.5 Å². The Labute approximate surface area is 103 Å².